The van der Waals surface area contributed by atoms with Gasteiger partial charge in [-0.2, -0.15) is 0 Å². The van der Waals surface area contributed by atoms with Crippen molar-refractivity contribution in [1.82, 2.24) is 4.72 Å². The van der Waals surface area contributed by atoms with E-state index in [2.05, 4.69) is 9.08 Å². The molecule has 24 heavy (non-hydrogen) atoms. The Balaban J connectivity index is 2.90. The summed E-state index contributed by atoms with van der Waals surface area (Å²) in [6.45, 7) is 5.03. The zero-order valence-electron chi connectivity index (χ0n) is 14.4. The van der Waals surface area contributed by atoms with Gasteiger partial charge in [-0.15, -0.1) is 4.36 Å². The number of rotatable bonds is 7. The smallest absolute Gasteiger partial charge is 0.440 e. The molecular formula is C16H24N2O5S. The van der Waals surface area contributed by atoms with Crippen molar-refractivity contribution in [2.24, 2.45) is 10.3 Å². The summed E-state index contributed by atoms with van der Waals surface area (Å²) in [5.74, 6) is -0.690. The summed E-state index contributed by atoms with van der Waals surface area (Å²) in [7, 11) is -1.75. The maximum Gasteiger partial charge on any atom is 0.443 e. The van der Waals surface area contributed by atoms with E-state index in [-0.39, 0.29) is 11.7 Å². The van der Waals surface area contributed by atoms with Crippen molar-refractivity contribution in [2.75, 3.05) is 19.5 Å². The topological polar surface area (TPSA) is 94.1 Å². The average Bonchev–Trinajstić information content (AvgIpc) is 2.46. The Labute approximate surface area is 143 Å². The molecule has 134 valence electrons. The molecule has 1 aromatic carbocycles. The minimum absolute atomic E-state index is 0.00472. The van der Waals surface area contributed by atoms with Gasteiger partial charge >= 0.3 is 6.09 Å². The van der Waals surface area contributed by atoms with Crippen molar-refractivity contribution in [1.29, 1.82) is 0 Å². The molecule has 7 nitrogen and oxygen atoms in total. The molecule has 0 unspecified atom stereocenters. The molecule has 1 rings (SSSR count). The van der Waals surface area contributed by atoms with Crippen LogP contribution in [-0.2, 0) is 24.2 Å². The maximum atomic E-state index is 12.8. The Hall–Kier alpha value is -1.93. The first-order chi connectivity index (χ1) is 11.3. The lowest BCUT2D eigenvalue weighted by molar-refractivity contribution is -0.117. The summed E-state index contributed by atoms with van der Waals surface area (Å²) in [4.78, 5) is 23.3. The Morgan fingerprint density at radius 3 is 2.42 bits per heavy atom. The van der Waals surface area contributed by atoms with Crippen LogP contribution in [0.5, 0.6) is 0 Å². The van der Waals surface area contributed by atoms with Crippen LogP contribution in [0.1, 0.15) is 32.4 Å². The normalized spacial score (nSPS) is 15.7. The number of carbonyl (C=O) groups excluding carboxylic acids is 2. The number of carbonyl (C=O) groups is 2. The van der Waals surface area contributed by atoms with Crippen molar-refractivity contribution in [3.8, 4) is 0 Å². The van der Waals surface area contributed by atoms with E-state index in [0.29, 0.717) is 6.61 Å². The highest BCUT2D eigenvalue weighted by Gasteiger charge is 2.20. The van der Waals surface area contributed by atoms with Crippen LogP contribution in [0.4, 0.5) is 4.79 Å². The Bertz CT molecular complexity index is 668. The molecule has 0 fully saturated rings. The summed E-state index contributed by atoms with van der Waals surface area (Å²) in [5, 5.41) is 0. The minimum Gasteiger partial charge on any atom is -0.440 e. The first-order valence-corrected chi connectivity index (χ1v) is 9.22. The predicted octanol–water partition coefficient (Wildman–Crippen LogP) is 2.69. The van der Waals surface area contributed by atoms with Gasteiger partial charge in [-0.05, 0) is 18.4 Å². The van der Waals surface area contributed by atoms with Gasteiger partial charge in [-0.1, -0.05) is 37.3 Å². The van der Waals surface area contributed by atoms with Crippen molar-refractivity contribution in [3.05, 3.63) is 35.9 Å². The fourth-order valence-corrected chi connectivity index (χ4v) is 3.93. The third-order valence-corrected chi connectivity index (χ3v) is 5.10. The number of ether oxygens (including phenoxy) is 2. The van der Waals surface area contributed by atoms with Crippen LogP contribution in [0.3, 0.4) is 0 Å². The number of nitrogens with one attached hydrogen (secondary N) is 1. The van der Waals surface area contributed by atoms with Crippen LogP contribution < -0.4 is 4.72 Å². The van der Waals surface area contributed by atoms with Crippen molar-refractivity contribution < 1.29 is 23.3 Å². The van der Waals surface area contributed by atoms with Gasteiger partial charge in [0.2, 0.25) is 5.91 Å². The van der Waals surface area contributed by atoms with Gasteiger partial charge in [0.05, 0.1) is 5.75 Å². The monoisotopic (exact) mass is 356 g/mol. The molecule has 0 saturated carbocycles. The highest BCUT2D eigenvalue weighted by molar-refractivity contribution is 7.92. The van der Waals surface area contributed by atoms with Gasteiger partial charge in [0.25, 0.3) is 0 Å². The van der Waals surface area contributed by atoms with Gasteiger partial charge in [0.15, 0.2) is 0 Å². The second kappa shape index (κ2) is 9.39. The summed E-state index contributed by atoms with van der Waals surface area (Å²) >= 11 is 0. The molecular weight excluding hydrogens is 332 g/mol. The summed E-state index contributed by atoms with van der Waals surface area (Å²) < 4.78 is 28.8. The fraction of sp³-hybridized carbons (Fsp3) is 0.500. The molecule has 0 heterocycles. The molecule has 1 N–H and O–H groups in total. The molecule has 1 aromatic rings. The van der Waals surface area contributed by atoms with E-state index < -0.39 is 28.0 Å². The Morgan fingerprint density at radius 2 is 1.88 bits per heavy atom. The van der Waals surface area contributed by atoms with E-state index in [1.807, 2.05) is 30.3 Å². The highest BCUT2D eigenvalue weighted by atomic mass is 32.2. The van der Waals surface area contributed by atoms with Crippen LogP contribution >= 0.6 is 0 Å². The summed E-state index contributed by atoms with van der Waals surface area (Å²) in [6, 6.07) is 9.12. The van der Waals surface area contributed by atoms with Gasteiger partial charge in [-0.25, -0.2) is 9.00 Å². The lowest BCUT2D eigenvalue weighted by Crippen LogP contribution is -2.34. The summed E-state index contributed by atoms with van der Waals surface area (Å²) in [6.07, 6.45) is -1.52. The molecule has 0 aromatic heterocycles. The van der Waals surface area contributed by atoms with Gasteiger partial charge < -0.3 is 9.47 Å². The second-order valence-corrected chi connectivity index (χ2v) is 7.55. The lowest BCUT2D eigenvalue weighted by atomic mass is 10.1. The Kier molecular flexibility index (Phi) is 7.87. The SMILES string of the molecule is COC[C@H](C)C[S@](=O)(=NC(=O)O[C@@H](C)c1ccccc1)NC(C)=O. The van der Waals surface area contributed by atoms with Crippen molar-refractivity contribution in [3.63, 3.8) is 0 Å². The zero-order chi connectivity index (χ0) is 18.2. The number of amides is 2. The standard InChI is InChI=1S/C16H24N2O5S/c1-12(10-22-4)11-24(21,17-14(3)19)18-16(20)23-13(2)15-8-6-5-7-9-15/h5-9,12-13H,10-11H2,1-4H3,(H,17,18,19,20,21)/t12-,13-,24+/m0/s1. The number of methoxy groups -OCH3 is 1. The first-order valence-electron chi connectivity index (χ1n) is 7.53. The van der Waals surface area contributed by atoms with E-state index in [0.717, 1.165) is 5.56 Å². The van der Waals surface area contributed by atoms with Crippen LogP contribution in [-0.4, -0.2) is 35.7 Å². The van der Waals surface area contributed by atoms with Crippen LogP contribution in [0.2, 0.25) is 0 Å². The van der Waals surface area contributed by atoms with E-state index in [1.165, 1.54) is 14.0 Å². The van der Waals surface area contributed by atoms with E-state index in [1.54, 1.807) is 13.8 Å². The van der Waals surface area contributed by atoms with Gasteiger partial charge in [-0.3, -0.25) is 9.52 Å². The third kappa shape index (κ3) is 7.10. The van der Waals surface area contributed by atoms with Gasteiger partial charge in [0.1, 0.15) is 16.0 Å². The molecule has 0 radical (unpaired) electrons. The van der Waals surface area contributed by atoms with E-state index >= 15 is 0 Å². The minimum atomic E-state index is -3.27. The molecule has 0 aliphatic rings. The predicted molar refractivity (Wildman–Crippen MR) is 91.6 cm³/mol. The molecule has 2 amide bonds. The average molecular weight is 356 g/mol. The second-order valence-electron chi connectivity index (χ2n) is 5.55. The van der Waals surface area contributed by atoms with Crippen molar-refractivity contribution in [2.45, 2.75) is 26.9 Å². The van der Waals surface area contributed by atoms with E-state index in [4.69, 9.17) is 9.47 Å². The maximum absolute atomic E-state index is 12.8. The number of hydrogen-bond donors (Lipinski definition) is 1. The molecule has 0 aliphatic heterocycles. The summed E-state index contributed by atoms with van der Waals surface area (Å²) in [5.41, 5.74) is 0.792. The van der Waals surface area contributed by atoms with Crippen LogP contribution in [0, 0.1) is 5.92 Å². The molecule has 0 spiro atoms. The van der Waals surface area contributed by atoms with E-state index in [9.17, 15) is 13.8 Å². The molecule has 0 saturated heterocycles. The van der Waals surface area contributed by atoms with Crippen LogP contribution in [0.25, 0.3) is 0 Å². The number of benzene rings is 1. The van der Waals surface area contributed by atoms with Crippen molar-refractivity contribution >= 4 is 21.9 Å². The highest BCUT2D eigenvalue weighted by Crippen LogP contribution is 2.17. The number of hydrogen-bond acceptors (Lipinski definition) is 5. The Morgan fingerprint density at radius 1 is 1.25 bits per heavy atom. The lowest BCUT2D eigenvalue weighted by Gasteiger charge is -2.16. The van der Waals surface area contributed by atoms with Gasteiger partial charge in [0, 0.05) is 20.6 Å². The fourth-order valence-electron chi connectivity index (χ4n) is 2.13. The molecule has 3 atom stereocenters. The molecule has 0 aliphatic carbocycles. The first kappa shape index (κ1) is 20.1. The third-order valence-electron chi connectivity index (χ3n) is 3.03. The molecule has 8 heteroatoms. The number of nitrogens with zero attached hydrogens (tertiary/aromatic N) is 1. The quantitative estimate of drug-likeness (QED) is 0.810. The molecule has 0 bridgehead atoms. The zero-order valence-corrected chi connectivity index (χ0v) is 15.2. The largest absolute Gasteiger partial charge is 0.443 e. The van der Waals surface area contributed by atoms with Crippen LogP contribution in [0.15, 0.2) is 34.7 Å².